The lowest BCUT2D eigenvalue weighted by molar-refractivity contribution is -0.126. The topological polar surface area (TPSA) is 35.5 Å². The van der Waals surface area contributed by atoms with Crippen LogP contribution in [0, 0.1) is 11.3 Å². The molecule has 0 aliphatic carbocycles. The van der Waals surface area contributed by atoms with Crippen LogP contribution in [0.3, 0.4) is 0 Å². The molecule has 0 saturated carbocycles. The van der Waals surface area contributed by atoms with Gasteiger partial charge in [-0.05, 0) is 31.1 Å². The van der Waals surface area contributed by atoms with Gasteiger partial charge < -0.3 is 9.47 Å². The van der Waals surface area contributed by atoms with Crippen molar-refractivity contribution in [1.29, 1.82) is 0 Å². The van der Waals surface area contributed by atoms with Crippen molar-refractivity contribution in [3.05, 3.63) is 0 Å². The summed E-state index contributed by atoms with van der Waals surface area (Å²) in [4.78, 5) is 11.3. The van der Waals surface area contributed by atoms with Crippen LogP contribution in [0.4, 0.5) is 0 Å². The highest BCUT2D eigenvalue weighted by Gasteiger charge is 2.08. The Bertz CT molecular complexity index is 229. The number of hydrogen-bond acceptors (Lipinski definition) is 3. The Labute approximate surface area is 119 Å². The predicted octanol–water partition coefficient (Wildman–Crippen LogP) is 3.85. The van der Waals surface area contributed by atoms with Crippen molar-refractivity contribution in [1.82, 2.24) is 0 Å². The Balaban J connectivity index is 3.18. The summed E-state index contributed by atoms with van der Waals surface area (Å²) in [7, 11) is 0. The van der Waals surface area contributed by atoms with Crippen LogP contribution in [0.5, 0.6) is 0 Å². The normalized spacial score (nSPS) is 12.1. The second-order valence-electron chi connectivity index (χ2n) is 6.66. The van der Waals surface area contributed by atoms with E-state index >= 15 is 0 Å². The predicted molar refractivity (Wildman–Crippen MR) is 79.4 cm³/mol. The number of hydrogen-bond donors (Lipinski definition) is 0. The van der Waals surface area contributed by atoms with E-state index < -0.39 is 0 Å². The largest absolute Gasteiger partial charge is 0.381 e. The highest BCUT2D eigenvalue weighted by molar-refractivity contribution is 5.81. The lowest BCUT2D eigenvalue weighted by atomic mass is 9.91. The second-order valence-corrected chi connectivity index (χ2v) is 6.66. The van der Waals surface area contributed by atoms with Crippen molar-refractivity contribution in [3.63, 3.8) is 0 Å². The van der Waals surface area contributed by atoms with Gasteiger partial charge >= 0.3 is 0 Å². The van der Waals surface area contributed by atoms with E-state index in [0.717, 1.165) is 32.5 Å². The van der Waals surface area contributed by atoms with Gasteiger partial charge in [0.05, 0.1) is 0 Å². The van der Waals surface area contributed by atoms with Gasteiger partial charge in [-0.1, -0.05) is 34.6 Å². The molecule has 0 aromatic rings. The standard InChI is InChI=1S/C16H32O3/c1-14(2)15(17)13-19-11-7-6-10-18-12-8-9-16(3,4)5/h14H,6-13H2,1-5H3. The van der Waals surface area contributed by atoms with Crippen molar-refractivity contribution in [2.75, 3.05) is 26.4 Å². The van der Waals surface area contributed by atoms with Crippen LogP contribution in [0.1, 0.15) is 60.3 Å². The number of ether oxygens (including phenoxy) is 2. The van der Waals surface area contributed by atoms with Crippen LogP contribution >= 0.6 is 0 Å². The zero-order valence-electron chi connectivity index (χ0n) is 13.5. The molecular formula is C16H32O3. The number of carbonyl (C=O) groups is 1. The number of carbonyl (C=O) groups excluding carboxylic acids is 1. The van der Waals surface area contributed by atoms with Crippen molar-refractivity contribution >= 4 is 5.78 Å². The van der Waals surface area contributed by atoms with Gasteiger partial charge in [0.15, 0.2) is 5.78 Å². The molecule has 0 aliphatic heterocycles. The zero-order chi connectivity index (χ0) is 14.7. The summed E-state index contributed by atoms with van der Waals surface area (Å²) in [5, 5.41) is 0. The monoisotopic (exact) mass is 272 g/mol. The third-order valence-electron chi connectivity index (χ3n) is 2.93. The van der Waals surface area contributed by atoms with Gasteiger partial charge in [0.1, 0.15) is 6.61 Å². The van der Waals surface area contributed by atoms with E-state index in [-0.39, 0.29) is 18.3 Å². The highest BCUT2D eigenvalue weighted by Crippen LogP contribution is 2.20. The van der Waals surface area contributed by atoms with E-state index in [0.29, 0.717) is 12.0 Å². The van der Waals surface area contributed by atoms with Crippen LogP contribution < -0.4 is 0 Å². The Morgan fingerprint density at radius 2 is 1.47 bits per heavy atom. The zero-order valence-corrected chi connectivity index (χ0v) is 13.5. The molecule has 3 heteroatoms. The molecule has 0 aliphatic rings. The van der Waals surface area contributed by atoms with Gasteiger partial charge in [0.25, 0.3) is 0 Å². The first-order valence-electron chi connectivity index (χ1n) is 7.51. The van der Waals surface area contributed by atoms with Gasteiger partial charge in [-0.15, -0.1) is 0 Å². The quantitative estimate of drug-likeness (QED) is 0.536. The minimum Gasteiger partial charge on any atom is -0.381 e. The summed E-state index contributed by atoms with van der Waals surface area (Å²) in [5.41, 5.74) is 0.403. The smallest absolute Gasteiger partial charge is 0.160 e. The number of unbranched alkanes of at least 4 members (excludes halogenated alkanes) is 1. The lowest BCUT2D eigenvalue weighted by Gasteiger charge is -2.17. The minimum atomic E-state index is 0.0751. The van der Waals surface area contributed by atoms with E-state index in [4.69, 9.17) is 9.47 Å². The molecule has 0 aromatic heterocycles. The van der Waals surface area contributed by atoms with Crippen molar-refractivity contribution in [2.45, 2.75) is 60.3 Å². The van der Waals surface area contributed by atoms with Gasteiger partial charge in [0, 0.05) is 25.7 Å². The van der Waals surface area contributed by atoms with Crippen LogP contribution in [0.25, 0.3) is 0 Å². The van der Waals surface area contributed by atoms with Gasteiger partial charge in [-0.25, -0.2) is 0 Å². The van der Waals surface area contributed by atoms with Crippen LogP contribution in [0.2, 0.25) is 0 Å². The first kappa shape index (κ1) is 18.6. The third-order valence-corrected chi connectivity index (χ3v) is 2.93. The minimum absolute atomic E-state index is 0.0751. The average Bonchev–Trinajstić information content (AvgIpc) is 2.29. The third kappa shape index (κ3) is 13.8. The molecule has 19 heavy (non-hydrogen) atoms. The van der Waals surface area contributed by atoms with E-state index in [9.17, 15) is 4.79 Å². The molecule has 0 N–H and O–H groups in total. The van der Waals surface area contributed by atoms with Gasteiger partial charge in [-0.3, -0.25) is 4.79 Å². The first-order chi connectivity index (χ1) is 8.83. The molecule has 0 heterocycles. The SMILES string of the molecule is CC(C)C(=O)COCCCCOCCCC(C)(C)C. The average molecular weight is 272 g/mol. The van der Waals surface area contributed by atoms with E-state index in [1.54, 1.807) is 0 Å². The number of rotatable bonds is 11. The maximum Gasteiger partial charge on any atom is 0.160 e. The summed E-state index contributed by atoms with van der Waals surface area (Å²) in [5.74, 6) is 0.254. The highest BCUT2D eigenvalue weighted by atomic mass is 16.5. The van der Waals surface area contributed by atoms with Crippen LogP contribution in [-0.2, 0) is 14.3 Å². The van der Waals surface area contributed by atoms with Gasteiger partial charge in [-0.2, -0.15) is 0 Å². The molecule has 0 rings (SSSR count). The second kappa shape index (κ2) is 10.4. The molecular weight excluding hydrogens is 240 g/mol. The van der Waals surface area contributed by atoms with Crippen LogP contribution in [-0.4, -0.2) is 32.2 Å². The lowest BCUT2D eigenvalue weighted by Crippen LogP contribution is -2.15. The van der Waals surface area contributed by atoms with Crippen LogP contribution in [0.15, 0.2) is 0 Å². The van der Waals surface area contributed by atoms with E-state index in [1.165, 1.54) is 6.42 Å². The Kier molecular flexibility index (Phi) is 10.2. The maximum atomic E-state index is 11.3. The Hall–Kier alpha value is -0.410. The van der Waals surface area contributed by atoms with Gasteiger partial charge in [0.2, 0.25) is 0 Å². The fourth-order valence-electron chi connectivity index (χ4n) is 1.55. The summed E-state index contributed by atoms with van der Waals surface area (Å²) in [6.45, 7) is 13.1. The number of ketones is 1. The van der Waals surface area contributed by atoms with Crippen molar-refractivity contribution in [3.8, 4) is 0 Å². The Morgan fingerprint density at radius 3 is 2.00 bits per heavy atom. The fraction of sp³-hybridized carbons (Fsp3) is 0.938. The maximum absolute atomic E-state index is 11.3. The van der Waals surface area contributed by atoms with Crippen molar-refractivity contribution < 1.29 is 14.3 Å². The first-order valence-corrected chi connectivity index (χ1v) is 7.51. The molecule has 0 fully saturated rings. The Morgan fingerprint density at radius 1 is 0.947 bits per heavy atom. The summed E-state index contributed by atoms with van der Waals surface area (Å²) >= 11 is 0. The number of Topliss-reactive ketones (excluding diaryl/α,β-unsaturated/α-hetero) is 1. The van der Waals surface area contributed by atoms with Crippen molar-refractivity contribution in [2.24, 2.45) is 11.3 Å². The molecule has 0 unspecified atom stereocenters. The molecule has 0 atom stereocenters. The molecule has 0 saturated heterocycles. The summed E-state index contributed by atoms with van der Waals surface area (Å²) < 4.78 is 10.9. The van der Waals surface area contributed by atoms with E-state index in [1.807, 2.05) is 13.8 Å². The summed E-state index contributed by atoms with van der Waals surface area (Å²) in [6.07, 6.45) is 4.30. The molecule has 0 amide bonds. The van der Waals surface area contributed by atoms with E-state index in [2.05, 4.69) is 20.8 Å². The summed E-state index contributed by atoms with van der Waals surface area (Å²) in [6, 6.07) is 0. The molecule has 0 bridgehead atoms. The molecule has 0 spiro atoms. The molecule has 0 radical (unpaired) electrons. The molecule has 0 aromatic carbocycles. The fourth-order valence-corrected chi connectivity index (χ4v) is 1.55. The molecule has 114 valence electrons. The molecule has 3 nitrogen and oxygen atoms in total.